The predicted octanol–water partition coefficient (Wildman–Crippen LogP) is 4.34. The van der Waals surface area contributed by atoms with E-state index >= 15 is 0 Å². The number of para-hydroxylation sites is 1. The molecule has 2 nitrogen and oxygen atoms in total. The molecule has 0 unspecified atom stereocenters. The standard InChI is InChI=1S/C16H12O2/c17-14-8-6-13-11-16(9-7-12(13)10-14)18-15-4-2-1-3-5-15/h1-11,17H. The molecule has 0 heterocycles. The first kappa shape index (κ1) is 10.7. The van der Waals surface area contributed by atoms with Gasteiger partial charge in [-0.15, -0.1) is 0 Å². The van der Waals surface area contributed by atoms with Crippen LogP contribution in [0.15, 0.2) is 66.7 Å². The summed E-state index contributed by atoms with van der Waals surface area (Å²) >= 11 is 0. The molecule has 3 rings (SSSR count). The first-order valence-electron chi connectivity index (χ1n) is 5.77. The highest BCUT2D eigenvalue weighted by atomic mass is 16.5. The second-order valence-corrected chi connectivity index (χ2v) is 4.11. The lowest BCUT2D eigenvalue weighted by molar-refractivity contribution is 0.475. The monoisotopic (exact) mass is 236 g/mol. The summed E-state index contributed by atoms with van der Waals surface area (Å²) in [6.07, 6.45) is 0. The summed E-state index contributed by atoms with van der Waals surface area (Å²) < 4.78 is 5.75. The van der Waals surface area contributed by atoms with Gasteiger partial charge in [0.15, 0.2) is 0 Å². The highest BCUT2D eigenvalue weighted by Crippen LogP contribution is 2.27. The molecule has 0 aliphatic carbocycles. The summed E-state index contributed by atoms with van der Waals surface area (Å²) in [7, 11) is 0. The number of phenols is 1. The van der Waals surface area contributed by atoms with Gasteiger partial charge in [0, 0.05) is 0 Å². The first-order chi connectivity index (χ1) is 8.81. The molecule has 18 heavy (non-hydrogen) atoms. The first-order valence-corrected chi connectivity index (χ1v) is 5.77. The van der Waals surface area contributed by atoms with Gasteiger partial charge in [0.2, 0.25) is 0 Å². The Kier molecular flexibility index (Phi) is 2.61. The van der Waals surface area contributed by atoms with Gasteiger partial charge in [-0.1, -0.05) is 30.3 Å². The van der Waals surface area contributed by atoms with Gasteiger partial charge in [-0.2, -0.15) is 0 Å². The molecule has 0 saturated carbocycles. The van der Waals surface area contributed by atoms with Crippen molar-refractivity contribution in [3.05, 3.63) is 66.7 Å². The molecule has 3 aromatic carbocycles. The second-order valence-electron chi connectivity index (χ2n) is 4.11. The topological polar surface area (TPSA) is 29.5 Å². The predicted molar refractivity (Wildman–Crippen MR) is 72.1 cm³/mol. The van der Waals surface area contributed by atoms with Gasteiger partial charge in [-0.05, 0) is 47.2 Å². The van der Waals surface area contributed by atoms with Crippen LogP contribution < -0.4 is 4.74 Å². The van der Waals surface area contributed by atoms with E-state index in [1.54, 1.807) is 12.1 Å². The summed E-state index contributed by atoms with van der Waals surface area (Å²) in [5.41, 5.74) is 0. The number of hydrogen-bond acceptors (Lipinski definition) is 2. The zero-order chi connectivity index (χ0) is 12.4. The fraction of sp³-hybridized carbons (Fsp3) is 0. The summed E-state index contributed by atoms with van der Waals surface area (Å²) in [5, 5.41) is 11.4. The lowest BCUT2D eigenvalue weighted by Crippen LogP contribution is -1.83. The zero-order valence-corrected chi connectivity index (χ0v) is 9.71. The molecular weight excluding hydrogens is 224 g/mol. The van der Waals surface area contributed by atoms with Gasteiger partial charge in [0.05, 0.1) is 0 Å². The largest absolute Gasteiger partial charge is 0.508 e. The normalized spacial score (nSPS) is 10.4. The van der Waals surface area contributed by atoms with Crippen molar-refractivity contribution >= 4 is 10.8 Å². The maximum Gasteiger partial charge on any atom is 0.128 e. The van der Waals surface area contributed by atoms with Gasteiger partial charge in [0.25, 0.3) is 0 Å². The maximum atomic E-state index is 9.40. The van der Waals surface area contributed by atoms with Crippen molar-refractivity contribution in [2.75, 3.05) is 0 Å². The summed E-state index contributed by atoms with van der Waals surface area (Å²) in [6, 6.07) is 20.8. The number of hydrogen-bond donors (Lipinski definition) is 1. The van der Waals surface area contributed by atoms with E-state index in [1.165, 1.54) is 0 Å². The highest BCUT2D eigenvalue weighted by Gasteiger charge is 2.00. The SMILES string of the molecule is Oc1ccc2cc(Oc3ccccc3)ccc2c1. The number of phenolic OH excluding ortho intramolecular Hbond substituents is 1. The average Bonchev–Trinajstić information content (AvgIpc) is 2.40. The molecule has 1 N–H and O–H groups in total. The van der Waals surface area contributed by atoms with Gasteiger partial charge < -0.3 is 9.84 Å². The molecule has 0 amide bonds. The zero-order valence-electron chi connectivity index (χ0n) is 9.71. The van der Waals surface area contributed by atoms with E-state index in [1.807, 2.05) is 54.6 Å². The van der Waals surface area contributed by atoms with Crippen LogP contribution in [0.25, 0.3) is 10.8 Å². The van der Waals surface area contributed by atoms with E-state index in [0.29, 0.717) is 0 Å². The van der Waals surface area contributed by atoms with Crippen molar-refractivity contribution in [1.82, 2.24) is 0 Å². The minimum absolute atomic E-state index is 0.277. The molecule has 0 aliphatic heterocycles. The van der Waals surface area contributed by atoms with E-state index < -0.39 is 0 Å². The molecule has 2 heteroatoms. The van der Waals surface area contributed by atoms with Crippen molar-refractivity contribution in [2.45, 2.75) is 0 Å². The molecular formula is C16H12O2. The Morgan fingerprint density at radius 3 is 2.22 bits per heavy atom. The Labute approximate surface area is 105 Å². The fourth-order valence-corrected chi connectivity index (χ4v) is 1.90. The molecule has 0 saturated heterocycles. The molecule has 0 fully saturated rings. The molecule has 0 aliphatic rings. The van der Waals surface area contributed by atoms with Gasteiger partial charge in [0.1, 0.15) is 17.2 Å². The highest BCUT2D eigenvalue weighted by molar-refractivity contribution is 5.85. The Bertz CT molecular complexity index is 675. The van der Waals surface area contributed by atoms with Gasteiger partial charge in [-0.25, -0.2) is 0 Å². The Morgan fingerprint density at radius 1 is 0.667 bits per heavy atom. The van der Waals surface area contributed by atoms with E-state index in [2.05, 4.69) is 0 Å². The molecule has 0 bridgehead atoms. The summed E-state index contributed by atoms with van der Waals surface area (Å²) in [4.78, 5) is 0. The van der Waals surface area contributed by atoms with Crippen LogP contribution in [0.5, 0.6) is 17.2 Å². The molecule has 0 radical (unpaired) electrons. The number of aromatic hydroxyl groups is 1. The fourth-order valence-electron chi connectivity index (χ4n) is 1.90. The van der Waals surface area contributed by atoms with Crippen molar-refractivity contribution in [2.24, 2.45) is 0 Å². The minimum atomic E-state index is 0.277. The third kappa shape index (κ3) is 2.13. The van der Waals surface area contributed by atoms with Crippen LogP contribution in [0, 0.1) is 0 Å². The van der Waals surface area contributed by atoms with Crippen LogP contribution in [-0.2, 0) is 0 Å². The van der Waals surface area contributed by atoms with E-state index in [-0.39, 0.29) is 5.75 Å². The lowest BCUT2D eigenvalue weighted by Gasteiger charge is -2.06. The van der Waals surface area contributed by atoms with Crippen LogP contribution >= 0.6 is 0 Å². The third-order valence-electron chi connectivity index (χ3n) is 2.77. The smallest absolute Gasteiger partial charge is 0.128 e. The lowest BCUT2D eigenvalue weighted by atomic mass is 10.1. The Balaban J connectivity index is 1.96. The molecule has 0 aromatic heterocycles. The van der Waals surface area contributed by atoms with Gasteiger partial charge >= 0.3 is 0 Å². The van der Waals surface area contributed by atoms with Crippen LogP contribution in [0.3, 0.4) is 0 Å². The van der Waals surface area contributed by atoms with Crippen LogP contribution in [0.4, 0.5) is 0 Å². The molecule has 0 atom stereocenters. The van der Waals surface area contributed by atoms with Crippen molar-refractivity contribution in [1.29, 1.82) is 0 Å². The molecule has 3 aromatic rings. The van der Waals surface area contributed by atoms with E-state index in [9.17, 15) is 5.11 Å². The van der Waals surface area contributed by atoms with Crippen LogP contribution in [-0.4, -0.2) is 5.11 Å². The van der Waals surface area contributed by atoms with Crippen molar-refractivity contribution < 1.29 is 9.84 Å². The molecule has 0 spiro atoms. The quantitative estimate of drug-likeness (QED) is 0.717. The number of fused-ring (bicyclic) bond motifs is 1. The Morgan fingerprint density at radius 2 is 1.39 bits per heavy atom. The van der Waals surface area contributed by atoms with E-state index in [4.69, 9.17) is 4.74 Å². The van der Waals surface area contributed by atoms with Crippen molar-refractivity contribution in [3.63, 3.8) is 0 Å². The summed E-state index contributed by atoms with van der Waals surface area (Å²) in [6.45, 7) is 0. The molecule has 88 valence electrons. The van der Waals surface area contributed by atoms with E-state index in [0.717, 1.165) is 22.3 Å². The Hall–Kier alpha value is -2.48. The van der Waals surface area contributed by atoms with Crippen LogP contribution in [0.1, 0.15) is 0 Å². The summed E-state index contributed by atoms with van der Waals surface area (Å²) in [5.74, 6) is 1.88. The van der Waals surface area contributed by atoms with Gasteiger partial charge in [-0.3, -0.25) is 0 Å². The average molecular weight is 236 g/mol. The maximum absolute atomic E-state index is 9.40. The third-order valence-corrected chi connectivity index (χ3v) is 2.77. The number of ether oxygens (including phenoxy) is 1. The number of benzene rings is 3. The van der Waals surface area contributed by atoms with Crippen molar-refractivity contribution in [3.8, 4) is 17.2 Å². The second kappa shape index (κ2) is 4.41. The minimum Gasteiger partial charge on any atom is -0.508 e. The number of rotatable bonds is 2. The van der Waals surface area contributed by atoms with Crippen LogP contribution in [0.2, 0.25) is 0 Å².